The van der Waals surface area contributed by atoms with Gasteiger partial charge in [0.2, 0.25) is 0 Å². The zero-order chi connectivity index (χ0) is 47.3. The van der Waals surface area contributed by atoms with E-state index in [9.17, 15) is 24.2 Å². The molecule has 1 N–H and O–H groups in total. The smallest absolute Gasteiger partial charge is 0.306 e. The third-order valence-electron chi connectivity index (χ3n) is 11.2. The molecule has 12 heteroatoms. The molecule has 3 atom stereocenters. The molecule has 0 spiro atoms. The number of rotatable bonds is 41. The molecule has 11 nitrogen and oxygen atoms in total. The van der Waals surface area contributed by atoms with Gasteiger partial charge in [-0.2, -0.15) is 0 Å². The number of hydrogen-bond donors (Lipinski definition) is 1. The molecule has 1 aromatic rings. The van der Waals surface area contributed by atoms with E-state index in [1.807, 2.05) is 34.1 Å². The van der Waals surface area contributed by atoms with Crippen molar-refractivity contribution in [2.45, 2.75) is 200 Å². The standard InChI is InChI=1S/C52H90NO10P/c1-8-10-31-37-49-45(3)46(4)50(63-49)38-33-28-24-20-17-18-22-26-30-35-40-52(56)62-48(44-61-64(57,58)60-42-41-53(5,6)7)43-59-51(55)39-34-29-25-21-16-14-12-11-13-15-19-23-27-32-36-47(54)9-2/h12-15,21,23,25,27,47-48,54H,8-11,16-20,22,24,26,28-44H2,1-7H3/b14-12-,15-13-,25-21-,27-23-/t47-,48+/m0/s1. The fourth-order valence-electron chi connectivity index (χ4n) is 6.86. The second kappa shape index (κ2) is 37.3. The lowest BCUT2D eigenvalue weighted by molar-refractivity contribution is -0.870. The molecule has 0 amide bonds. The Kier molecular flexibility index (Phi) is 34.5. The number of furan rings is 1. The number of carbonyl (C=O) groups is 2. The van der Waals surface area contributed by atoms with Crippen molar-refractivity contribution in [1.29, 1.82) is 0 Å². The van der Waals surface area contributed by atoms with Crippen LogP contribution in [-0.4, -0.2) is 81.2 Å². The largest absolute Gasteiger partial charge is 0.756 e. The minimum Gasteiger partial charge on any atom is -0.756 e. The van der Waals surface area contributed by atoms with Gasteiger partial charge in [-0.05, 0) is 95.6 Å². The normalized spacial score (nSPS) is 14.3. The van der Waals surface area contributed by atoms with Gasteiger partial charge in [0.1, 0.15) is 31.3 Å². The van der Waals surface area contributed by atoms with Crippen molar-refractivity contribution in [3.8, 4) is 0 Å². The van der Waals surface area contributed by atoms with E-state index in [0.717, 1.165) is 70.6 Å². The quantitative estimate of drug-likeness (QED) is 0.0221. The third kappa shape index (κ3) is 33.7. The van der Waals surface area contributed by atoms with Gasteiger partial charge >= 0.3 is 11.9 Å². The summed E-state index contributed by atoms with van der Waals surface area (Å²) in [6.45, 7) is 8.21. The Labute approximate surface area is 389 Å². The molecule has 1 aromatic heterocycles. The number of aryl methyl sites for hydroxylation is 2. The summed E-state index contributed by atoms with van der Waals surface area (Å²) in [4.78, 5) is 37.7. The van der Waals surface area contributed by atoms with E-state index in [0.29, 0.717) is 30.3 Å². The van der Waals surface area contributed by atoms with Crippen LogP contribution in [0.2, 0.25) is 0 Å². The second-order valence-corrected chi connectivity index (χ2v) is 19.6. The molecule has 1 unspecified atom stereocenters. The molecule has 0 radical (unpaired) electrons. The minimum atomic E-state index is -4.66. The molecule has 368 valence electrons. The van der Waals surface area contributed by atoms with Crippen LogP contribution in [0.25, 0.3) is 0 Å². The molecule has 0 bridgehead atoms. The fraction of sp³-hybridized carbons (Fsp3) is 0.731. The Bertz CT molecular complexity index is 1520. The summed E-state index contributed by atoms with van der Waals surface area (Å²) in [5.41, 5.74) is 2.68. The topological polar surface area (TPSA) is 145 Å². The zero-order valence-electron chi connectivity index (χ0n) is 41.3. The number of phosphoric ester groups is 1. The second-order valence-electron chi connectivity index (χ2n) is 18.2. The lowest BCUT2D eigenvalue weighted by atomic mass is 10.0. The van der Waals surface area contributed by atoms with Crippen LogP contribution in [0.4, 0.5) is 0 Å². The predicted octanol–water partition coefficient (Wildman–Crippen LogP) is 12.2. The van der Waals surface area contributed by atoms with E-state index in [4.69, 9.17) is 22.9 Å². The first-order valence-electron chi connectivity index (χ1n) is 24.8. The van der Waals surface area contributed by atoms with Crippen molar-refractivity contribution >= 4 is 19.8 Å². The maximum absolute atomic E-state index is 12.8. The van der Waals surface area contributed by atoms with Crippen molar-refractivity contribution in [3.05, 3.63) is 71.3 Å². The summed E-state index contributed by atoms with van der Waals surface area (Å²) in [5.74, 6) is 1.43. The number of allylic oxidation sites excluding steroid dienone is 8. The van der Waals surface area contributed by atoms with E-state index in [2.05, 4.69) is 63.3 Å². The van der Waals surface area contributed by atoms with Gasteiger partial charge in [0, 0.05) is 25.7 Å². The van der Waals surface area contributed by atoms with Crippen molar-refractivity contribution < 1.29 is 51.6 Å². The minimum absolute atomic E-state index is 0.0524. The van der Waals surface area contributed by atoms with Crippen molar-refractivity contribution in [2.24, 2.45) is 0 Å². The van der Waals surface area contributed by atoms with Crippen LogP contribution in [0.5, 0.6) is 0 Å². The Balaban J connectivity index is 2.34. The fourth-order valence-corrected chi connectivity index (χ4v) is 7.59. The first kappa shape index (κ1) is 59.2. The van der Waals surface area contributed by atoms with Crippen LogP contribution in [-0.2, 0) is 45.5 Å². The summed E-state index contributed by atoms with van der Waals surface area (Å²) in [7, 11) is 1.09. The van der Waals surface area contributed by atoms with Gasteiger partial charge in [-0.1, -0.05) is 127 Å². The van der Waals surface area contributed by atoms with E-state index in [1.165, 1.54) is 80.4 Å². The van der Waals surface area contributed by atoms with Crippen molar-refractivity contribution in [1.82, 2.24) is 0 Å². The number of unbranched alkanes of at least 4 members (excludes halogenated alkanes) is 12. The van der Waals surface area contributed by atoms with E-state index in [1.54, 1.807) is 0 Å². The first-order valence-corrected chi connectivity index (χ1v) is 26.2. The van der Waals surface area contributed by atoms with E-state index in [-0.39, 0.29) is 32.2 Å². The molecular weight excluding hydrogens is 830 g/mol. The van der Waals surface area contributed by atoms with Gasteiger partial charge in [0.05, 0.1) is 33.9 Å². The zero-order valence-corrected chi connectivity index (χ0v) is 42.2. The molecular formula is C52H90NO10P. The van der Waals surface area contributed by atoms with Crippen LogP contribution in [0.3, 0.4) is 0 Å². The number of aliphatic hydroxyl groups is 1. The predicted molar refractivity (Wildman–Crippen MR) is 259 cm³/mol. The molecule has 0 saturated carbocycles. The third-order valence-corrected chi connectivity index (χ3v) is 12.2. The summed E-state index contributed by atoms with van der Waals surface area (Å²) in [6.07, 6.45) is 39.0. The Morgan fingerprint density at radius 3 is 1.72 bits per heavy atom. The van der Waals surface area contributed by atoms with Gasteiger partial charge in [-0.3, -0.25) is 14.2 Å². The molecule has 0 saturated heterocycles. The number of ether oxygens (including phenoxy) is 2. The number of phosphoric acid groups is 1. The average molecular weight is 920 g/mol. The van der Waals surface area contributed by atoms with Gasteiger partial charge < -0.3 is 37.4 Å². The Morgan fingerprint density at radius 1 is 0.672 bits per heavy atom. The average Bonchev–Trinajstić information content (AvgIpc) is 3.51. The summed E-state index contributed by atoms with van der Waals surface area (Å²) in [5, 5.41) is 9.58. The first-order chi connectivity index (χ1) is 30.7. The molecule has 0 aliphatic rings. The molecule has 0 aliphatic carbocycles. The molecule has 0 fully saturated rings. The highest BCUT2D eigenvalue weighted by atomic mass is 31.2. The van der Waals surface area contributed by atoms with Crippen LogP contribution in [0.1, 0.15) is 184 Å². The van der Waals surface area contributed by atoms with Gasteiger partial charge in [-0.15, -0.1) is 0 Å². The number of hydrogen-bond acceptors (Lipinski definition) is 10. The summed E-state index contributed by atoms with van der Waals surface area (Å²) in [6, 6.07) is 0. The molecule has 0 aliphatic heterocycles. The Morgan fingerprint density at radius 2 is 1.17 bits per heavy atom. The molecule has 1 rings (SSSR count). The van der Waals surface area contributed by atoms with Crippen LogP contribution in [0, 0.1) is 13.8 Å². The van der Waals surface area contributed by atoms with Crippen LogP contribution in [0.15, 0.2) is 53.0 Å². The number of nitrogens with zero attached hydrogens (tertiary/aromatic N) is 1. The highest BCUT2D eigenvalue weighted by Crippen LogP contribution is 2.38. The van der Waals surface area contributed by atoms with Gasteiger partial charge in [-0.25, -0.2) is 0 Å². The number of likely N-dealkylation sites (N-methyl/N-ethyl adjacent to an activating group) is 1. The summed E-state index contributed by atoms with van der Waals surface area (Å²) >= 11 is 0. The van der Waals surface area contributed by atoms with E-state index >= 15 is 0 Å². The van der Waals surface area contributed by atoms with Crippen LogP contribution < -0.4 is 4.89 Å². The number of esters is 2. The number of quaternary nitrogens is 1. The highest BCUT2D eigenvalue weighted by molar-refractivity contribution is 7.45. The SMILES string of the molecule is CCCCCc1oc(CCCCCCCCCCCCC(=O)O[C@H](COC(=O)CCC/C=C\C/C=C\C/C=C\C/C=C\CC[C@@H](O)CC)COP(=O)([O-])OCC[N+](C)(C)C)c(C)c1C. The monoisotopic (exact) mass is 920 g/mol. The maximum Gasteiger partial charge on any atom is 0.306 e. The summed E-state index contributed by atoms with van der Waals surface area (Å²) < 4.78 is 40.2. The van der Waals surface area contributed by atoms with Crippen LogP contribution >= 0.6 is 7.82 Å². The molecule has 0 aromatic carbocycles. The van der Waals surface area contributed by atoms with Gasteiger partial charge in [0.25, 0.3) is 7.82 Å². The lowest BCUT2D eigenvalue weighted by Gasteiger charge is -2.28. The molecule has 1 heterocycles. The van der Waals surface area contributed by atoms with Crippen molar-refractivity contribution in [2.75, 3.05) is 47.5 Å². The Hall–Kier alpha value is -2.79. The van der Waals surface area contributed by atoms with Gasteiger partial charge in [0.15, 0.2) is 6.10 Å². The van der Waals surface area contributed by atoms with Crippen molar-refractivity contribution in [3.63, 3.8) is 0 Å². The maximum atomic E-state index is 12.8. The number of aliphatic hydroxyl groups excluding tert-OH is 1. The lowest BCUT2D eigenvalue weighted by Crippen LogP contribution is -2.37. The highest BCUT2D eigenvalue weighted by Gasteiger charge is 2.22. The number of carbonyl (C=O) groups excluding carboxylic acids is 2. The molecule has 64 heavy (non-hydrogen) atoms. The van der Waals surface area contributed by atoms with E-state index < -0.39 is 32.5 Å².